The number of piperidine rings is 1. The average molecular weight is 433 g/mol. The van der Waals surface area contributed by atoms with Gasteiger partial charge in [0.1, 0.15) is 5.69 Å². The van der Waals surface area contributed by atoms with E-state index in [9.17, 15) is 9.90 Å². The Kier molecular flexibility index (Phi) is 4.96. The van der Waals surface area contributed by atoms with Gasteiger partial charge in [-0.25, -0.2) is 9.50 Å². The number of aromatic nitrogens is 3. The molecule has 6 nitrogen and oxygen atoms in total. The van der Waals surface area contributed by atoms with Crippen molar-refractivity contribution in [3.63, 3.8) is 0 Å². The van der Waals surface area contributed by atoms with Crippen LogP contribution >= 0.6 is 11.6 Å². The molecule has 0 atom stereocenters. The molecule has 0 bridgehead atoms. The fourth-order valence-corrected chi connectivity index (χ4v) is 4.32. The van der Waals surface area contributed by atoms with Gasteiger partial charge in [0.05, 0.1) is 11.8 Å². The highest BCUT2D eigenvalue weighted by Crippen LogP contribution is 2.33. The number of benzene rings is 2. The van der Waals surface area contributed by atoms with Crippen LogP contribution in [0, 0.1) is 0 Å². The van der Waals surface area contributed by atoms with Crippen molar-refractivity contribution in [3.05, 3.63) is 89.3 Å². The van der Waals surface area contributed by atoms with Crippen molar-refractivity contribution in [2.75, 3.05) is 13.1 Å². The first-order valence-corrected chi connectivity index (χ1v) is 10.6. The second kappa shape index (κ2) is 7.80. The van der Waals surface area contributed by atoms with E-state index in [1.54, 1.807) is 27.9 Å². The highest BCUT2D eigenvalue weighted by molar-refractivity contribution is 6.30. The number of amides is 1. The highest BCUT2D eigenvalue weighted by atomic mass is 35.5. The van der Waals surface area contributed by atoms with E-state index in [-0.39, 0.29) is 5.91 Å². The summed E-state index contributed by atoms with van der Waals surface area (Å²) in [7, 11) is 0. The predicted octanol–water partition coefficient (Wildman–Crippen LogP) is 4.17. The van der Waals surface area contributed by atoms with Crippen LogP contribution in [0.15, 0.2) is 73.1 Å². The van der Waals surface area contributed by atoms with Crippen molar-refractivity contribution >= 4 is 23.2 Å². The van der Waals surface area contributed by atoms with Crippen LogP contribution in [-0.4, -0.2) is 43.6 Å². The monoisotopic (exact) mass is 432 g/mol. The molecule has 1 saturated heterocycles. The SMILES string of the molecule is O=C(c1ccn2ncc(-c3cccc(Cl)c3)c2n1)N1CCC(O)(c2ccccc2)CC1. The summed E-state index contributed by atoms with van der Waals surface area (Å²) in [5, 5.41) is 16.0. The van der Waals surface area contributed by atoms with Gasteiger partial charge in [-0.2, -0.15) is 5.10 Å². The lowest BCUT2D eigenvalue weighted by Crippen LogP contribution is -2.45. The Morgan fingerprint density at radius 1 is 1.03 bits per heavy atom. The summed E-state index contributed by atoms with van der Waals surface area (Å²) in [6.45, 7) is 0.939. The molecule has 0 aliphatic carbocycles. The number of hydrogen-bond acceptors (Lipinski definition) is 4. The molecule has 1 N–H and O–H groups in total. The van der Waals surface area contributed by atoms with Gasteiger partial charge in [-0.3, -0.25) is 4.79 Å². The Hall–Kier alpha value is -3.22. The smallest absolute Gasteiger partial charge is 0.272 e. The lowest BCUT2D eigenvalue weighted by Gasteiger charge is -2.38. The molecule has 0 radical (unpaired) electrons. The van der Waals surface area contributed by atoms with E-state index in [1.165, 1.54) is 0 Å². The van der Waals surface area contributed by atoms with E-state index in [4.69, 9.17) is 11.6 Å². The molecule has 156 valence electrons. The molecule has 5 rings (SSSR count). The second-order valence-electron chi connectivity index (χ2n) is 7.84. The number of likely N-dealkylation sites (tertiary alicyclic amines) is 1. The standard InChI is InChI=1S/C24H21ClN4O2/c25-19-8-4-5-17(15-19)20-16-26-29-12-9-21(27-22(20)29)23(30)28-13-10-24(31,11-14-28)18-6-2-1-3-7-18/h1-9,12,15-16,31H,10-11,13-14H2. The third-order valence-electron chi connectivity index (χ3n) is 5.91. The number of halogens is 1. The molecule has 4 aromatic rings. The lowest BCUT2D eigenvalue weighted by molar-refractivity contribution is -0.0212. The van der Waals surface area contributed by atoms with Gasteiger partial charge in [0.2, 0.25) is 0 Å². The van der Waals surface area contributed by atoms with Gasteiger partial charge in [-0.15, -0.1) is 0 Å². The van der Waals surface area contributed by atoms with Gasteiger partial charge in [0, 0.05) is 29.9 Å². The minimum Gasteiger partial charge on any atom is -0.385 e. The van der Waals surface area contributed by atoms with Crippen LogP contribution in [0.25, 0.3) is 16.8 Å². The molecule has 1 amide bonds. The molecule has 0 unspecified atom stereocenters. The largest absolute Gasteiger partial charge is 0.385 e. The predicted molar refractivity (Wildman–Crippen MR) is 119 cm³/mol. The van der Waals surface area contributed by atoms with Gasteiger partial charge in [-0.05, 0) is 42.2 Å². The summed E-state index contributed by atoms with van der Waals surface area (Å²) < 4.78 is 1.65. The number of aliphatic hydroxyl groups is 1. The van der Waals surface area contributed by atoms with Gasteiger partial charge in [0.25, 0.3) is 5.91 Å². The van der Waals surface area contributed by atoms with Gasteiger partial charge in [-0.1, -0.05) is 54.1 Å². The minimum absolute atomic E-state index is 0.143. The molecule has 2 aromatic heterocycles. The zero-order valence-electron chi connectivity index (χ0n) is 16.8. The molecule has 1 fully saturated rings. The first kappa shape index (κ1) is 19.7. The summed E-state index contributed by atoms with van der Waals surface area (Å²) >= 11 is 6.13. The Balaban J connectivity index is 1.39. The maximum atomic E-state index is 13.1. The van der Waals surface area contributed by atoms with E-state index >= 15 is 0 Å². The number of carbonyl (C=O) groups is 1. The zero-order valence-corrected chi connectivity index (χ0v) is 17.5. The van der Waals surface area contributed by atoms with Crippen molar-refractivity contribution in [3.8, 4) is 11.1 Å². The third kappa shape index (κ3) is 3.69. The highest BCUT2D eigenvalue weighted by Gasteiger charge is 2.35. The normalized spacial score (nSPS) is 15.9. The summed E-state index contributed by atoms with van der Waals surface area (Å²) in [5.74, 6) is -0.143. The molecule has 1 aliphatic rings. The number of carbonyl (C=O) groups excluding carboxylic acids is 1. The van der Waals surface area contributed by atoms with Crippen molar-refractivity contribution < 1.29 is 9.90 Å². The summed E-state index contributed by atoms with van der Waals surface area (Å²) in [4.78, 5) is 19.5. The van der Waals surface area contributed by atoms with E-state index in [0.29, 0.717) is 42.3 Å². The molecular formula is C24H21ClN4O2. The number of rotatable bonds is 3. The first-order chi connectivity index (χ1) is 15.0. The van der Waals surface area contributed by atoms with Crippen LogP contribution in [0.2, 0.25) is 5.02 Å². The van der Waals surface area contributed by atoms with Crippen molar-refractivity contribution in [1.82, 2.24) is 19.5 Å². The molecule has 0 spiro atoms. The van der Waals surface area contributed by atoms with Gasteiger partial charge in [0.15, 0.2) is 5.65 Å². The van der Waals surface area contributed by atoms with Crippen molar-refractivity contribution in [1.29, 1.82) is 0 Å². The summed E-state index contributed by atoms with van der Waals surface area (Å²) in [5.41, 5.74) is 2.67. The average Bonchev–Trinajstić information content (AvgIpc) is 3.23. The molecule has 0 saturated carbocycles. The van der Waals surface area contributed by atoms with Crippen LogP contribution < -0.4 is 0 Å². The van der Waals surface area contributed by atoms with Crippen LogP contribution in [0.5, 0.6) is 0 Å². The first-order valence-electron chi connectivity index (χ1n) is 10.2. The maximum Gasteiger partial charge on any atom is 0.272 e. The van der Waals surface area contributed by atoms with Crippen molar-refractivity contribution in [2.45, 2.75) is 18.4 Å². The third-order valence-corrected chi connectivity index (χ3v) is 6.15. The maximum absolute atomic E-state index is 13.1. The quantitative estimate of drug-likeness (QED) is 0.527. The Morgan fingerprint density at radius 3 is 2.55 bits per heavy atom. The Bertz CT molecular complexity index is 1250. The Morgan fingerprint density at radius 2 is 1.81 bits per heavy atom. The fourth-order valence-electron chi connectivity index (χ4n) is 4.13. The molecular weight excluding hydrogens is 412 g/mol. The number of fused-ring (bicyclic) bond motifs is 1. The number of hydrogen-bond donors (Lipinski definition) is 1. The topological polar surface area (TPSA) is 70.7 Å². The van der Waals surface area contributed by atoms with Gasteiger partial charge >= 0.3 is 0 Å². The fraction of sp³-hybridized carbons (Fsp3) is 0.208. The molecule has 2 aromatic carbocycles. The minimum atomic E-state index is -0.902. The van der Waals surface area contributed by atoms with Gasteiger partial charge < -0.3 is 10.0 Å². The molecule has 31 heavy (non-hydrogen) atoms. The molecule has 7 heteroatoms. The molecule has 3 heterocycles. The van der Waals surface area contributed by atoms with Crippen LogP contribution in [0.1, 0.15) is 28.9 Å². The van der Waals surface area contributed by atoms with E-state index in [2.05, 4.69) is 10.1 Å². The lowest BCUT2D eigenvalue weighted by atomic mass is 9.84. The van der Waals surface area contributed by atoms with E-state index in [1.807, 2.05) is 54.6 Å². The zero-order chi connectivity index (χ0) is 21.4. The summed E-state index contributed by atoms with van der Waals surface area (Å²) in [6.07, 6.45) is 4.45. The second-order valence-corrected chi connectivity index (χ2v) is 8.28. The van der Waals surface area contributed by atoms with Crippen molar-refractivity contribution in [2.24, 2.45) is 0 Å². The Labute approximate surface area is 184 Å². The molecule has 1 aliphatic heterocycles. The number of nitrogens with zero attached hydrogens (tertiary/aromatic N) is 4. The van der Waals surface area contributed by atoms with Crippen LogP contribution in [-0.2, 0) is 5.60 Å². The van der Waals surface area contributed by atoms with Crippen LogP contribution in [0.3, 0.4) is 0 Å². The van der Waals surface area contributed by atoms with E-state index < -0.39 is 5.60 Å². The van der Waals surface area contributed by atoms with Crippen LogP contribution in [0.4, 0.5) is 0 Å². The summed E-state index contributed by atoms with van der Waals surface area (Å²) in [6, 6.07) is 18.8. The van der Waals surface area contributed by atoms with E-state index in [0.717, 1.165) is 16.7 Å².